The second kappa shape index (κ2) is 4.14. The SMILES string of the molecule is Cc1cccc(C)c1N1C=C(C#N)N(C)[C@@H]1C. The highest BCUT2D eigenvalue weighted by molar-refractivity contribution is 5.63. The molecule has 0 N–H and O–H groups in total. The summed E-state index contributed by atoms with van der Waals surface area (Å²) in [4.78, 5) is 4.16. The second-order valence-electron chi connectivity index (χ2n) is 4.52. The van der Waals surface area contributed by atoms with Gasteiger partial charge in [-0.15, -0.1) is 0 Å². The largest absolute Gasteiger partial charge is 0.344 e. The molecule has 0 fully saturated rings. The predicted octanol–water partition coefficient (Wildman–Crippen LogP) is 2.77. The number of allylic oxidation sites excluding steroid dienone is 1. The molecule has 1 heterocycles. The number of benzene rings is 1. The quantitative estimate of drug-likeness (QED) is 0.739. The van der Waals surface area contributed by atoms with Crippen LogP contribution in [-0.2, 0) is 0 Å². The van der Waals surface area contributed by atoms with Crippen molar-refractivity contribution in [1.82, 2.24) is 4.90 Å². The number of rotatable bonds is 1. The molecule has 0 aliphatic carbocycles. The number of anilines is 1. The Morgan fingerprint density at radius 3 is 2.29 bits per heavy atom. The summed E-state index contributed by atoms with van der Waals surface area (Å²) in [6.07, 6.45) is 2.12. The van der Waals surface area contributed by atoms with Crippen molar-refractivity contribution in [3.8, 4) is 6.07 Å². The van der Waals surface area contributed by atoms with Crippen LogP contribution in [0.5, 0.6) is 0 Å². The Labute approximate surface area is 103 Å². The summed E-state index contributed by atoms with van der Waals surface area (Å²) >= 11 is 0. The van der Waals surface area contributed by atoms with E-state index in [1.165, 1.54) is 16.8 Å². The van der Waals surface area contributed by atoms with Gasteiger partial charge in [-0.2, -0.15) is 5.26 Å². The number of nitrogens with zero attached hydrogens (tertiary/aromatic N) is 3. The molecule has 3 nitrogen and oxygen atoms in total. The summed E-state index contributed by atoms with van der Waals surface area (Å²) in [5, 5.41) is 9.07. The Balaban J connectivity index is 2.49. The molecule has 0 radical (unpaired) electrons. The number of hydrogen-bond donors (Lipinski definition) is 0. The lowest BCUT2D eigenvalue weighted by Crippen LogP contribution is -2.35. The molecular formula is C14H17N3. The Bertz CT molecular complexity index is 490. The molecule has 88 valence electrons. The molecule has 0 spiro atoms. The fourth-order valence-electron chi connectivity index (χ4n) is 2.29. The van der Waals surface area contributed by atoms with Crippen LogP contribution in [0.3, 0.4) is 0 Å². The van der Waals surface area contributed by atoms with Crippen molar-refractivity contribution in [2.45, 2.75) is 26.9 Å². The van der Waals surface area contributed by atoms with Gasteiger partial charge < -0.3 is 9.80 Å². The van der Waals surface area contributed by atoms with E-state index in [-0.39, 0.29) is 6.17 Å². The number of aryl methyl sites for hydroxylation is 2. The second-order valence-corrected chi connectivity index (χ2v) is 4.52. The summed E-state index contributed by atoms with van der Waals surface area (Å²) in [5.41, 5.74) is 4.39. The van der Waals surface area contributed by atoms with Gasteiger partial charge in [0.15, 0.2) is 0 Å². The lowest BCUT2D eigenvalue weighted by Gasteiger charge is -2.29. The maximum absolute atomic E-state index is 9.07. The van der Waals surface area contributed by atoms with E-state index in [9.17, 15) is 0 Å². The molecule has 0 saturated carbocycles. The minimum atomic E-state index is 0.185. The maximum atomic E-state index is 9.07. The molecule has 1 aliphatic rings. The van der Waals surface area contributed by atoms with Gasteiger partial charge in [0.25, 0.3) is 0 Å². The first-order chi connectivity index (χ1) is 8.06. The first kappa shape index (κ1) is 11.5. The third-order valence-electron chi connectivity index (χ3n) is 3.42. The Hall–Kier alpha value is -1.95. The molecule has 0 aromatic heterocycles. The van der Waals surface area contributed by atoms with Crippen LogP contribution in [0.2, 0.25) is 0 Å². The highest BCUT2D eigenvalue weighted by atomic mass is 15.4. The van der Waals surface area contributed by atoms with Crippen LogP contribution in [-0.4, -0.2) is 18.1 Å². The van der Waals surface area contributed by atoms with Crippen LogP contribution in [0.25, 0.3) is 0 Å². The van der Waals surface area contributed by atoms with Crippen LogP contribution in [0.1, 0.15) is 18.1 Å². The van der Waals surface area contributed by atoms with Crippen molar-refractivity contribution in [2.75, 3.05) is 11.9 Å². The van der Waals surface area contributed by atoms with E-state index in [1.807, 2.05) is 18.1 Å². The van der Waals surface area contributed by atoms with E-state index < -0.39 is 0 Å². The molecule has 0 bridgehead atoms. The van der Waals surface area contributed by atoms with Crippen molar-refractivity contribution in [3.05, 3.63) is 41.2 Å². The summed E-state index contributed by atoms with van der Waals surface area (Å²) in [7, 11) is 1.95. The third-order valence-corrected chi connectivity index (χ3v) is 3.42. The van der Waals surface area contributed by atoms with Crippen LogP contribution in [0.4, 0.5) is 5.69 Å². The van der Waals surface area contributed by atoms with Gasteiger partial charge in [-0.3, -0.25) is 0 Å². The monoisotopic (exact) mass is 227 g/mol. The molecule has 0 amide bonds. The van der Waals surface area contributed by atoms with Crippen molar-refractivity contribution in [2.24, 2.45) is 0 Å². The van der Waals surface area contributed by atoms with Gasteiger partial charge in [0.05, 0.1) is 0 Å². The number of hydrogen-bond acceptors (Lipinski definition) is 3. The molecule has 2 rings (SSSR count). The molecule has 1 aliphatic heterocycles. The molecule has 17 heavy (non-hydrogen) atoms. The van der Waals surface area contributed by atoms with E-state index in [2.05, 4.69) is 49.9 Å². The van der Waals surface area contributed by atoms with E-state index in [1.54, 1.807) is 0 Å². The highest BCUT2D eigenvalue weighted by Gasteiger charge is 2.28. The first-order valence-electron chi connectivity index (χ1n) is 5.75. The van der Waals surface area contributed by atoms with E-state index >= 15 is 0 Å². The molecule has 1 aromatic carbocycles. The highest BCUT2D eigenvalue weighted by Crippen LogP contribution is 2.32. The van der Waals surface area contributed by atoms with Gasteiger partial charge in [-0.1, -0.05) is 18.2 Å². The molecule has 1 atom stereocenters. The minimum absolute atomic E-state index is 0.185. The maximum Gasteiger partial charge on any atom is 0.134 e. The van der Waals surface area contributed by atoms with Gasteiger partial charge >= 0.3 is 0 Å². The van der Waals surface area contributed by atoms with Gasteiger partial charge in [-0.25, -0.2) is 0 Å². The standard InChI is InChI=1S/C14H17N3/c1-10-6-5-7-11(2)14(10)17-9-13(8-15)16(4)12(17)3/h5-7,9,12H,1-4H3/t12-/m0/s1. The topological polar surface area (TPSA) is 30.3 Å². The summed E-state index contributed by atoms with van der Waals surface area (Å²) < 4.78 is 0. The van der Waals surface area contributed by atoms with Gasteiger partial charge in [0, 0.05) is 18.9 Å². The van der Waals surface area contributed by atoms with Crippen LogP contribution >= 0.6 is 0 Å². The van der Waals surface area contributed by atoms with Gasteiger partial charge in [0.1, 0.15) is 17.9 Å². The van der Waals surface area contributed by atoms with Gasteiger partial charge in [0.2, 0.25) is 0 Å². The minimum Gasteiger partial charge on any atom is -0.344 e. The van der Waals surface area contributed by atoms with Crippen molar-refractivity contribution >= 4 is 5.69 Å². The van der Waals surface area contributed by atoms with Crippen molar-refractivity contribution < 1.29 is 0 Å². The van der Waals surface area contributed by atoms with E-state index in [0.29, 0.717) is 5.70 Å². The summed E-state index contributed by atoms with van der Waals surface area (Å²) in [6, 6.07) is 8.50. The van der Waals surface area contributed by atoms with Crippen LogP contribution < -0.4 is 4.90 Å². The Morgan fingerprint density at radius 2 is 1.82 bits per heavy atom. The number of nitriles is 1. The lowest BCUT2D eigenvalue weighted by atomic mass is 10.1. The molecule has 3 heteroatoms. The molecular weight excluding hydrogens is 210 g/mol. The summed E-state index contributed by atoms with van der Waals surface area (Å²) in [6.45, 7) is 6.31. The number of para-hydroxylation sites is 1. The van der Waals surface area contributed by atoms with E-state index in [0.717, 1.165) is 0 Å². The fourth-order valence-corrected chi connectivity index (χ4v) is 2.29. The van der Waals surface area contributed by atoms with Crippen molar-refractivity contribution in [3.63, 3.8) is 0 Å². The predicted molar refractivity (Wildman–Crippen MR) is 69.3 cm³/mol. The zero-order valence-corrected chi connectivity index (χ0v) is 10.7. The van der Waals surface area contributed by atoms with Crippen LogP contribution in [0.15, 0.2) is 30.1 Å². The summed E-state index contributed by atoms with van der Waals surface area (Å²) in [5.74, 6) is 0. The average Bonchev–Trinajstić information content (AvgIpc) is 2.57. The Morgan fingerprint density at radius 1 is 1.24 bits per heavy atom. The van der Waals surface area contributed by atoms with Crippen LogP contribution in [0, 0.1) is 25.2 Å². The van der Waals surface area contributed by atoms with E-state index in [4.69, 9.17) is 5.26 Å². The first-order valence-corrected chi connectivity index (χ1v) is 5.75. The van der Waals surface area contributed by atoms with Crippen molar-refractivity contribution in [1.29, 1.82) is 5.26 Å². The fraction of sp³-hybridized carbons (Fsp3) is 0.357. The molecule has 1 aromatic rings. The van der Waals surface area contributed by atoms with Gasteiger partial charge in [-0.05, 0) is 31.9 Å². The molecule has 0 saturated heterocycles. The zero-order chi connectivity index (χ0) is 12.6. The molecule has 0 unspecified atom stereocenters. The zero-order valence-electron chi connectivity index (χ0n) is 10.7. The Kier molecular flexibility index (Phi) is 2.81. The lowest BCUT2D eigenvalue weighted by molar-refractivity contribution is 0.367. The normalized spacial score (nSPS) is 19.2. The smallest absolute Gasteiger partial charge is 0.134 e. The average molecular weight is 227 g/mol. The third kappa shape index (κ3) is 1.76.